The third kappa shape index (κ3) is 5.66. The molecule has 4 nitrogen and oxygen atoms in total. The zero-order valence-electron chi connectivity index (χ0n) is 13.9. The molecule has 128 valence electrons. The van der Waals surface area contributed by atoms with Gasteiger partial charge in [-0.2, -0.15) is 0 Å². The van der Waals surface area contributed by atoms with Crippen molar-refractivity contribution in [1.29, 1.82) is 0 Å². The number of nitrogens with one attached hydrogen (secondary N) is 1. The molecule has 23 heavy (non-hydrogen) atoms. The molecule has 1 aromatic rings. The Morgan fingerprint density at radius 1 is 1.43 bits per heavy atom. The number of carbonyl (C=O) groups is 1. The highest BCUT2D eigenvalue weighted by molar-refractivity contribution is 6.30. The number of benzene rings is 1. The van der Waals surface area contributed by atoms with Crippen LogP contribution in [0.4, 0.5) is 9.18 Å². The van der Waals surface area contributed by atoms with Crippen molar-refractivity contribution < 1.29 is 13.9 Å². The van der Waals surface area contributed by atoms with Crippen molar-refractivity contribution in [1.82, 2.24) is 10.2 Å². The minimum atomic E-state index is -0.498. The zero-order valence-corrected chi connectivity index (χ0v) is 14.6. The summed E-state index contributed by atoms with van der Waals surface area (Å²) >= 11 is 5.76. The molecule has 0 radical (unpaired) electrons. The minimum Gasteiger partial charge on any atom is -0.444 e. The molecule has 0 aliphatic heterocycles. The lowest BCUT2D eigenvalue weighted by Gasteiger charge is -2.27. The molecule has 0 bridgehead atoms. The lowest BCUT2D eigenvalue weighted by Crippen LogP contribution is -2.41. The quantitative estimate of drug-likeness (QED) is 0.795. The van der Waals surface area contributed by atoms with Gasteiger partial charge in [0.2, 0.25) is 0 Å². The van der Waals surface area contributed by atoms with Gasteiger partial charge in [-0.3, -0.25) is 0 Å². The molecule has 6 heteroatoms. The maximum atomic E-state index is 13.8. The molecule has 0 aromatic heterocycles. The number of carbonyl (C=O) groups excluding carboxylic acids is 1. The van der Waals surface area contributed by atoms with Crippen LogP contribution in [0.25, 0.3) is 0 Å². The SMILES string of the molecule is CC(C)(C)OC(=O)N(CCNCc1cccc(Cl)c1F)C1CC1. The molecule has 1 N–H and O–H groups in total. The number of nitrogens with zero attached hydrogens (tertiary/aromatic N) is 1. The lowest BCUT2D eigenvalue weighted by molar-refractivity contribution is 0.0236. The Labute approximate surface area is 141 Å². The summed E-state index contributed by atoms with van der Waals surface area (Å²) in [6.45, 7) is 7.06. The second kappa shape index (κ2) is 7.49. The van der Waals surface area contributed by atoms with E-state index in [0.29, 0.717) is 25.2 Å². The molecular weight excluding hydrogens is 319 g/mol. The summed E-state index contributed by atoms with van der Waals surface area (Å²) in [5.41, 5.74) is 0.0226. The van der Waals surface area contributed by atoms with E-state index in [1.807, 2.05) is 20.8 Å². The van der Waals surface area contributed by atoms with Crippen LogP contribution in [0.1, 0.15) is 39.2 Å². The summed E-state index contributed by atoms with van der Waals surface area (Å²) in [4.78, 5) is 14.0. The molecule has 0 heterocycles. The van der Waals surface area contributed by atoms with E-state index in [-0.39, 0.29) is 17.2 Å². The van der Waals surface area contributed by atoms with Gasteiger partial charge in [-0.1, -0.05) is 23.7 Å². The molecule has 1 saturated carbocycles. The van der Waals surface area contributed by atoms with Crippen molar-refractivity contribution in [3.63, 3.8) is 0 Å². The van der Waals surface area contributed by atoms with Crippen molar-refractivity contribution in [3.05, 3.63) is 34.6 Å². The van der Waals surface area contributed by atoms with Gasteiger partial charge in [0.25, 0.3) is 0 Å². The van der Waals surface area contributed by atoms with Crippen molar-refractivity contribution in [3.8, 4) is 0 Å². The fourth-order valence-corrected chi connectivity index (χ4v) is 2.43. The monoisotopic (exact) mass is 342 g/mol. The van der Waals surface area contributed by atoms with Gasteiger partial charge < -0.3 is 15.0 Å². The first-order valence-electron chi connectivity index (χ1n) is 7.91. The van der Waals surface area contributed by atoms with E-state index in [9.17, 15) is 9.18 Å². The molecule has 0 saturated heterocycles. The average molecular weight is 343 g/mol. The first-order valence-corrected chi connectivity index (χ1v) is 8.29. The minimum absolute atomic E-state index is 0.123. The normalized spacial score (nSPS) is 14.7. The van der Waals surface area contributed by atoms with E-state index in [4.69, 9.17) is 16.3 Å². The van der Waals surface area contributed by atoms with Crippen LogP contribution in [0, 0.1) is 5.82 Å². The van der Waals surface area contributed by atoms with Crippen LogP contribution in [-0.2, 0) is 11.3 Å². The Hall–Kier alpha value is -1.33. The van der Waals surface area contributed by atoms with Crippen molar-refractivity contribution >= 4 is 17.7 Å². The largest absolute Gasteiger partial charge is 0.444 e. The van der Waals surface area contributed by atoms with Crippen LogP contribution in [0.15, 0.2) is 18.2 Å². The Morgan fingerprint density at radius 2 is 2.13 bits per heavy atom. The van der Waals surface area contributed by atoms with Crippen molar-refractivity contribution in [2.45, 2.75) is 51.8 Å². The molecule has 1 aliphatic rings. The maximum absolute atomic E-state index is 13.8. The molecule has 0 spiro atoms. The van der Waals surface area contributed by atoms with Gasteiger partial charge in [0.05, 0.1) is 5.02 Å². The molecule has 1 fully saturated rings. The van der Waals surface area contributed by atoms with Gasteiger partial charge >= 0.3 is 6.09 Å². The van der Waals surface area contributed by atoms with E-state index in [1.165, 1.54) is 6.07 Å². The standard InChI is InChI=1S/C17H24ClFN2O2/c1-17(2,3)23-16(22)21(13-7-8-13)10-9-20-11-12-5-4-6-14(18)15(12)19/h4-6,13,20H,7-11H2,1-3H3. The third-order valence-corrected chi connectivity index (χ3v) is 3.78. The second-order valence-electron chi connectivity index (χ2n) is 6.79. The van der Waals surface area contributed by atoms with Crippen molar-refractivity contribution in [2.24, 2.45) is 0 Å². The number of hydrogen-bond acceptors (Lipinski definition) is 3. The molecule has 2 rings (SSSR count). The summed E-state index contributed by atoms with van der Waals surface area (Å²) in [7, 11) is 0. The predicted molar refractivity (Wildman–Crippen MR) is 89.1 cm³/mol. The van der Waals surface area contributed by atoms with Gasteiger partial charge in [0.1, 0.15) is 11.4 Å². The van der Waals surface area contributed by atoms with E-state index in [1.54, 1.807) is 17.0 Å². The number of halogens is 2. The molecule has 0 atom stereocenters. The fourth-order valence-electron chi connectivity index (χ4n) is 2.24. The van der Waals surface area contributed by atoms with Crippen molar-refractivity contribution in [2.75, 3.05) is 13.1 Å². The van der Waals surface area contributed by atoms with Gasteiger partial charge in [0.15, 0.2) is 0 Å². The van der Waals surface area contributed by atoms with Crippen LogP contribution in [0.5, 0.6) is 0 Å². The molecule has 1 aliphatic carbocycles. The smallest absolute Gasteiger partial charge is 0.410 e. The highest BCUT2D eigenvalue weighted by Crippen LogP contribution is 2.28. The van der Waals surface area contributed by atoms with Gasteiger partial charge in [0, 0.05) is 31.2 Å². The number of hydrogen-bond donors (Lipinski definition) is 1. The molecule has 1 amide bonds. The number of amides is 1. The third-order valence-electron chi connectivity index (χ3n) is 3.49. The average Bonchev–Trinajstić information content (AvgIpc) is 3.25. The van der Waals surface area contributed by atoms with E-state index >= 15 is 0 Å². The fraction of sp³-hybridized carbons (Fsp3) is 0.588. The molecule has 1 aromatic carbocycles. The number of ether oxygens (including phenoxy) is 1. The molecular formula is C17H24ClFN2O2. The van der Waals surface area contributed by atoms with Crippen LogP contribution in [-0.4, -0.2) is 35.7 Å². The second-order valence-corrected chi connectivity index (χ2v) is 7.20. The van der Waals surface area contributed by atoms with E-state index < -0.39 is 11.4 Å². The summed E-state index contributed by atoms with van der Waals surface area (Å²) < 4.78 is 19.2. The Bertz CT molecular complexity index is 556. The summed E-state index contributed by atoms with van der Waals surface area (Å²) in [5, 5.41) is 3.28. The maximum Gasteiger partial charge on any atom is 0.410 e. The summed E-state index contributed by atoms with van der Waals surface area (Å²) in [6, 6.07) is 5.22. The highest BCUT2D eigenvalue weighted by Gasteiger charge is 2.34. The first-order chi connectivity index (χ1) is 10.8. The van der Waals surface area contributed by atoms with E-state index in [2.05, 4.69) is 5.32 Å². The Morgan fingerprint density at radius 3 is 2.74 bits per heavy atom. The van der Waals surface area contributed by atoms with Crippen LogP contribution in [0.2, 0.25) is 5.02 Å². The summed E-state index contributed by atoms with van der Waals surface area (Å²) in [6.07, 6.45) is 1.75. The van der Waals surface area contributed by atoms with Crippen LogP contribution >= 0.6 is 11.6 Å². The highest BCUT2D eigenvalue weighted by atomic mass is 35.5. The predicted octanol–water partition coefficient (Wildman–Crippen LogP) is 3.97. The molecule has 0 unspecified atom stereocenters. The van der Waals surface area contributed by atoms with E-state index in [0.717, 1.165) is 12.8 Å². The van der Waals surface area contributed by atoms with Crippen LogP contribution in [0.3, 0.4) is 0 Å². The summed E-state index contributed by atoms with van der Waals surface area (Å²) in [5.74, 6) is -0.396. The zero-order chi connectivity index (χ0) is 17.0. The lowest BCUT2D eigenvalue weighted by atomic mass is 10.2. The van der Waals surface area contributed by atoms with Gasteiger partial charge in [-0.15, -0.1) is 0 Å². The topological polar surface area (TPSA) is 41.6 Å². The van der Waals surface area contributed by atoms with Crippen LogP contribution < -0.4 is 5.32 Å². The number of rotatable bonds is 6. The first kappa shape index (κ1) is 18.0. The Kier molecular flexibility index (Phi) is 5.87. The van der Waals surface area contributed by atoms with Gasteiger partial charge in [-0.25, -0.2) is 9.18 Å². The van der Waals surface area contributed by atoms with Gasteiger partial charge in [-0.05, 0) is 39.7 Å². The Balaban J connectivity index is 1.81.